The highest BCUT2D eigenvalue weighted by atomic mass is 32.1. The molecule has 0 spiro atoms. The van der Waals surface area contributed by atoms with Crippen molar-refractivity contribution in [3.8, 4) is 0 Å². The third-order valence-corrected chi connectivity index (χ3v) is 3.89. The van der Waals surface area contributed by atoms with Gasteiger partial charge in [-0.1, -0.05) is 0 Å². The normalized spacial score (nSPS) is 13.3. The number of nitrogens with one attached hydrogen (secondary N) is 1. The van der Waals surface area contributed by atoms with Crippen molar-refractivity contribution in [1.29, 1.82) is 0 Å². The van der Waals surface area contributed by atoms with Crippen molar-refractivity contribution in [3.05, 3.63) is 45.9 Å². The van der Waals surface area contributed by atoms with E-state index in [0.29, 0.717) is 5.69 Å². The van der Waals surface area contributed by atoms with Gasteiger partial charge in [-0.3, -0.25) is 0 Å². The maximum atomic E-state index is 12.4. The summed E-state index contributed by atoms with van der Waals surface area (Å²) in [6.45, 7) is 3.87. The second-order valence-electron chi connectivity index (χ2n) is 4.24. The summed E-state index contributed by atoms with van der Waals surface area (Å²) in [7, 11) is 0. The lowest BCUT2D eigenvalue weighted by Gasteiger charge is -2.15. The lowest BCUT2D eigenvalue weighted by molar-refractivity contribution is -0.137. The van der Waals surface area contributed by atoms with Crippen molar-refractivity contribution >= 4 is 17.0 Å². The Morgan fingerprint density at radius 1 is 1.21 bits per heavy atom. The molecule has 102 valence electrons. The molecule has 0 radical (unpaired) electrons. The first-order valence-corrected chi connectivity index (χ1v) is 6.59. The largest absolute Gasteiger partial charge is 0.416 e. The Bertz CT molecular complexity index is 546. The summed E-state index contributed by atoms with van der Waals surface area (Å²) >= 11 is 1.53. The second-order valence-corrected chi connectivity index (χ2v) is 5.13. The summed E-state index contributed by atoms with van der Waals surface area (Å²) in [5.74, 6) is 0. The van der Waals surface area contributed by atoms with Gasteiger partial charge in [-0.25, -0.2) is 4.98 Å². The summed E-state index contributed by atoms with van der Waals surface area (Å²) in [6, 6.07) is 5.05. The predicted molar refractivity (Wildman–Crippen MR) is 70.3 cm³/mol. The molecule has 0 saturated carbocycles. The molecule has 1 aromatic heterocycles. The molecule has 1 aromatic carbocycles. The number of rotatable bonds is 3. The number of aryl methyl sites for hydroxylation is 1. The van der Waals surface area contributed by atoms with Gasteiger partial charge in [-0.05, 0) is 38.1 Å². The summed E-state index contributed by atoms with van der Waals surface area (Å²) in [5, 5.41) is 3.17. The van der Waals surface area contributed by atoms with Crippen molar-refractivity contribution in [1.82, 2.24) is 4.98 Å². The number of thiazole rings is 1. The highest BCUT2D eigenvalue weighted by molar-refractivity contribution is 7.09. The van der Waals surface area contributed by atoms with Crippen LogP contribution in [0, 0.1) is 6.92 Å². The molecule has 1 heterocycles. The number of aromatic nitrogens is 1. The molecule has 0 aliphatic heterocycles. The van der Waals surface area contributed by atoms with E-state index in [1.807, 2.05) is 13.8 Å². The fraction of sp³-hybridized carbons (Fsp3) is 0.308. The SMILES string of the molecule is Cc1ncsc1C(C)Nc1ccc(C(F)(F)F)cc1. The molecule has 1 N–H and O–H groups in total. The maximum Gasteiger partial charge on any atom is 0.416 e. The van der Waals surface area contributed by atoms with Gasteiger partial charge in [0, 0.05) is 10.6 Å². The Morgan fingerprint density at radius 2 is 1.84 bits per heavy atom. The average Bonchev–Trinajstić information content (AvgIpc) is 2.75. The van der Waals surface area contributed by atoms with Gasteiger partial charge in [0.2, 0.25) is 0 Å². The molecule has 0 aliphatic rings. The van der Waals surface area contributed by atoms with Gasteiger partial charge in [-0.2, -0.15) is 13.2 Å². The van der Waals surface area contributed by atoms with E-state index in [4.69, 9.17) is 0 Å². The van der Waals surface area contributed by atoms with Crippen LogP contribution in [0.4, 0.5) is 18.9 Å². The van der Waals surface area contributed by atoms with Crippen LogP contribution in [0.2, 0.25) is 0 Å². The molecule has 0 bridgehead atoms. The molecular formula is C13H13F3N2S. The minimum Gasteiger partial charge on any atom is -0.378 e. The van der Waals surface area contributed by atoms with Crippen molar-refractivity contribution < 1.29 is 13.2 Å². The van der Waals surface area contributed by atoms with Gasteiger partial charge < -0.3 is 5.32 Å². The Kier molecular flexibility index (Phi) is 3.80. The minimum atomic E-state index is -4.29. The molecule has 2 aromatic rings. The lowest BCUT2D eigenvalue weighted by Crippen LogP contribution is -2.08. The standard InChI is InChI=1S/C13H13F3N2S/c1-8-12(19-7-17-8)9(2)18-11-5-3-10(4-6-11)13(14,15)16/h3-7,9,18H,1-2H3. The zero-order chi connectivity index (χ0) is 14.0. The Morgan fingerprint density at radius 3 is 2.32 bits per heavy atom. The lowest BCUT2D eigenvalue weighted by atomic mass is 10.1. The molecule has 2 rings (SSSR count). The number of hydrogen-bond acceptors (Lipinski definition) is 3. The fourth-order valence-corrected chi connectivity index (χ4v) is 2.61. The van der Waals surface area contributed by atoms with Crippen LogP contribution < -0.4 is 5.32 Å². The zero-order valence-corrected chi connectivity index (χ0v) is 11.3. The zero-order valence-electron chi connectivity index (χ0n) is 10.5. The molecule has 6 heteroatoms. The summed E-state index contributed by atoms with van der Waals surface area (Å²) in [5.41, 5.74) is 2.72. The number of alkyl halides is 3. The molecule has 19 heavy (non-hydrogen) atoms. The number of benzene rings is 1. The van der Waals surface area contributed by atoms with Crippen LogP contribution in [0.15, 0.2) is 29.8 Å². The van der Waals surface area contributed by atoms with Gasteiger partial charge in [0.1, 0.15) is 0 Å². The van der Waals surface area contributed by atoms with Crippen molar-refractivity contribution in [2.75, 3.05) is 5.32 Å². The van der Waals surface area contributed by atoms with Crippen LogP contribution in [0.3, 0.4) is 0 Å². The third kappa shape index (κ3) is 3.26. The number of nitrogens with zero attached hydrogens (tertiary/aromatic N) is 1. The van der Waals surface area contributed by atoms with E-state index in [2.05, 4.69) is 10.3 Å². The number of hydrogen-bond donors (Lipinski definition) is 1. The molecule has 0 saturated heterocycles. The van der Waals surface area contributed by atoms with Crippen LogP contribution in [-0.2, 0) is 6.18 Å². The van der Waals surface area contributed by atoms with Gasteiger partial charge in [0.05, 0.1) is 22.8 Å². The maximum absolute atomic E-state index is 12.4. The van der Waals surface area contributed by atoms with E-state index in [1.165, 1.54) is 23.5 Å². The monoisotopic (exact) mass is 286 g/mol. The van der Waals surface area contributed by atoms with Crippen LogP contribution >= 0.6 is 11.3 Å². The highest BCUT2D eigenvalue weighted by Crippen LogP contribution is 2.31. The van der Waals surface area contributed by atoms with Crippen LogP contribution in [0.5, 0.6) is 0 Å². The van der Waals surface area contributed by atoms with Crippen LogP contribution in [0.1, 0.15) is 29.1 Å². The number of anilines is 1. The molecule has 1 atom stereocenters. The highest BCUT2D eigenvalue weighted by Gasteiger charge is 2.29. The Balaban J connectivity index is 2.10. The summed E-state index contributed by atoms with van der Waals surface area (Å²) in [6.07, 6.45) is -4.29. The molecule has 2 nitrogen and oxygen atoms in total. The van der Waals surface area contributed by atoms with E-state index in [9.17, 15) is 13.2 Å². The van der Waals surface area contributed by atoms with Crippen molar-refractivity contribution in [2.45, 2.75) is 26.1 Å². The first-order chi connectivity index (χ1) is 8.88. The molecule has 1 unspecified atom stereocenters. The fourth-order valence-electron chi connectivity index (χ4n) is 1.80. The Labute approximate surface area is 113 Å². The van der Waals surface area contributed by atoms with Crippen LogP contribution in [-0.4, -0.2) is 4.98 Å². The average molecular weight is 286 g/mol. The topological polar surface area (TPSA) is 24.9 Å². The summed E-state index contributed by atoms with van der Waals surface area (Å²) < 4.78 is 37.3. The van der Waals surface area contributed by atoms with Gasteiger partial charge in [-0.15, -0.1) is 11.3 Å². The smallest absolute Gasteiger partial charge is 0.378 e. The third-order valence-electron chi connectivity index (χ3n) is 2.77. The Hall–Kier alpha value is -1.56. The van der Waals surface area contributed by atoms with Gasteiger partial charge in [0.25, 0.3) is 0 Å². The van der Waals surface area contributed by atoms with Gasteiger partial charge >= 0.3 is 6.18 Å². The van der Waals surface area contributed by atoms with Crippen molar-refractivity contribution in [2.24, 2.45) is 0 Å². The van der Waals surface area contributed by atoms with E-state index >= 15 is 0 Å². The minimum absolute atomic E-state index is 0.0178. The van der Waals surface area contributed by atoms with E-state index in [0.717, 1.165) is 22.7 Å². The summed E-state index contributed by atoms with van der Waals surface area (Å²) in [4.78, 5) is 5.24. The van der Waals surface area contributed by atoms with Crippen LogP contribution in [0.25, 0.3) is 0 Å². The van der Waals surface area contributed by atoms with Gasteiger partial charge in [0.15, 0.2) is 0 Å². The molecule has 0 aliphatic carbocycles. The molecular weight excluding hydrogens is 273 g/mol. The molecule has 0 amide bonds. The number of halogens is 3. The first-order valence-electron chi connectivity index (χ1n) is 5.71. The van der Waals surface area contributed by atoms with E-state index in [-0.39, 0.29) is 6.04 Å². The second kappa shape index (κ2) is 5.21. The van der Waals surface area contributed by atoms with E-state index in [1.54, 1.807) is 5.51 Å². The quantitative estimate of drug-likeness (QED) is 0.888. The van der Waals surface area contributed by atoms with Crippen molar-refractivity contribution in [3.63, 3.8) is 0 Å². The molecule has 0 fully saturated rings. The van der Waals surface area contributed by atoms with E-state index < -0.39 is 11.7 Å². The predicted octanol–water partition coefficient (Wildman–Crippen LogP) is 4.64. The first kappa shape index (κ1) is 13.9.